The molecule has 4 aromatic heterocycles. The maximum atomic E-state index is 6.37. The van der Waals surface area contributed by atoms with Crippen LogP contribution in [-0.2, 0) is 13.6 Å². The highest BCUT2D eigenvalue weighted by Crippen LogP contribution is 2.75. The number of aromatic nitrogens is 6. The summed E-state index contributed by atoms with van der Waals surface area (Å²) < 4.78 is 7.94. The van der Waals surface area contributed by atoms with Crippen LogP contribution in [0.1, 0.15) is 35.6 Å². The summed E-state index contributed by atoms with van der Waals surface area (Å²) >= 11 is 6.37. The molecule has 2 saturated carbocycles. The van der Waals surface area contributed by atoms with Crippen LogP contribution in [0.25, 0.3) is 11.0 Å². The fourth-order valence-electron chi connectivity index (χ4n) is 4.48. The number of hydrogen-bond acceptors (Lipinski definition) is 7. The highest BCUT2D eigenvalue weighted by Gasteiger charge is 2.73. The van der Waals surface area contributed by atoms with Gasteiger partial charge in [-0.05, 0) is 44.0 Å². The van der Waals surface area contributed by atoms with Gasteiger partial charge in [-0.3, -0.25) is 14.6 Å². The van der Waals surface area contributed by atoms with Gasteiger partial charge < -0.3 is 10.1 Å². The van der Waals surface area contributed by atoms with Gasteiger partial charge in [-0.2, -0.15) is 15.1 Å². The Morgan fingerprint density at radius 1 is 1.19 bits per heavy atom. The average Bonchev–Trinajstić information content (AvgIpc) is 3.64. The van der Waals surface area contributed by atoms with Crippen molar-refractivity contribution in [2.24, 2.45) is 12.5 Å². The Labute approximate surface area is 190 Å². The molecule has 8 nitrogen and oxygen atoms in total. The highest BCUT2D eigenvalue weighted by molar-refractivity contribution is 6.30. The van der Waals surface area contributed by atoms with E-state index in [1.807, 2.05) is 44.6 Å². The molecule has 0 amide bonds. The molecule has 0 saturated heterocycles. The van der Waals surface area contributed by atoms with Crippen molar-refractivity contribution >= 4 is 28.5 Å². The number of nitrogens with one attached hydrogen (secondary N) is 1. The molecular formula is C23H22ClN7O. The Hall–Kier alpha value is -3.26. The first-order chi connectivity index (χ1) is 15.5. The molecule has 3 atom stereocenters. The topological polar surface area (TPSA) is 90.6 Å². The molecule has 4 aromatic rings. The summed E-state index contributed by atoms with van der Waals surface area (Å²) in [6, 6.07) is 8.37. The smallest absolute Gasteiger partial charge is 0.320 e. The molecule has 0 aromatic carbocycles. The van der Waals surface area contributed by atoms with E-state index >= 15 is 0 Å². The maximum Gasteiger partial charge on any atom is 0.320 e. The zero-order valence-corrected chi connectivity index (χ0v) is 18.5. The molecule has 0 radical (unpaired) electrons. The minimum atomic E-state index is 0.0869. The van der Waals surface area contributed by atoms with Crippen molar-refractivity contribution in [3.8, 4) is 6.01 Å². The van der Waals surface area contributed by atoms with Gasteiger partial charge in [0.05, 0.1) is 17.2 Å². The summed E-state index contributed by atoms with van der Waals surface area (Å²) in [7, 11) is 1.89. The number of aryl methyl sites for hydroxylation is 1. The Kier molecular flexibility index (Phi) is 4.33. The second kappa shape index (κ2) is 7.13. The molecule has 0 bridgehead atoms. The molecule has 0 aliphatic heterocycles. The molecular weight excluding hydrogens is 426 g/mol. The SMILES string of the molecule is Cc1c(Cl)nc(OC2CC23C[C@H]3c2ccc3ncccc3n2)nc1NCc1cnn(C)c1. The second-order valence-electron chi connectivity index (χ2n) is 8.72. The van der Waals surface area contributed by atoms with Crippen LogP contribution in [0, 0.1) is 12.3 Å². The Balaban J connectivity index is 1.15. The predicted molar refractivity (Wildman–Crippen MR) is 121 cm³/mol. The Morgan fingerprint density at radius 3 is 2.94 bits per heavy atom. The first kappa shape index (κ1) is 19.4. The number of fused-ring (bicyclic) bond motifs is 1. The zero-order chi connectivity index (χ0) is 21.9. The van der Waals surface area contributed by atoms with Crippen LogP contribution in [0.4, 0.5) is 5.82 Å². The lowest BCUT2D eigenvalue weighted by molar-refractivity contribution is 0.255. The molecule has 2 aliphatic carbocycles. The van der Waals surface area contributed by atoms with Gasteiger partial charge in [-0.1, -0.05) is 11.6 Å². The lowest BCUT2D eigenvalue weighted by Crippen LogP contribution is -2.09. The van der Waals surface area contributed by atoms with E-state index in [0.29, 0.717) is 29.4 Å². The van der Waals surface area contributed by atoms with Gasteiger partial charge in [0.2, 0.25) is 0 Å². The van der Waals surface area contributed by atoms with Gasteiger partial charge in [0, 0.05) is 54.1 Å². The third-order valence-electron chi connectivity index (χ3n) is 6.53. The van der Waals surface area contributed by atoms with Crippen molar-refractivity contribution in [3.63, 3.8) is 0 Å². The lowest BCUT2D eigenvalue weighted by atomic mass is 10.2. The first-order valence-corrected chi connectivity index (χ1v) is 11.0. The standard InChI is InChI=1S/C23H22ClN7O/c1-13-20(24)29-22(30-21(13)26-10-14-11-27-31(2)12-14)32-19-9-23(19)8-15(23)16-5-6-17-18(28-16)4-3-7-25-17/h3-7,11-12,15,19H,8-10H2,1-2H3,(H,26,29,30)/t15-,19?,23?/m0/s1. The van der Waals surface area contributed by atoms with Crippen LogP contribution in [0.5, 0.6) is 6.01 Å². The van der Waals surface area contributed by atoms with Crippen molar-refractivity contribution in [1.29, 1.82) is 0 Å². The molecule has 32 heavy (non-hydrogen) atoms. The maximum absolute atomic E-state index is 6.37. The van der Waals surface area contributed by atoms with E-state index in [1.54, 1.807) is 10.9 Å². The lowest BCUT2D eigenvalue weighted by Gasteiger charge is -2.11. The van der Waals surface area contributed by atoms with Gasteiger partial charge >= 0.3 is 6.01 Å². The van der Waals surface area contributed by atoms with E-state index in [1.165, 1.54) is 0 Å². The number of anilines is 1. The number of rotatable bonds is 6. The summed E-state index contributed by atoms with van der Waals surface area (Å²) in [4.78, 5) is 18.1. The minimum absolute atomic E-state index is 0.0869. The van der Waals surface area contributed by atoms with E-state index < -0.39 is 0 Å². The van der Waals surface area contributed by atoms with Crippen LogP contribution < -0.4 is 10.1 Å². The highest BCUT2D eigenvalue weighted by atomic mass is 35.5. The molecule has 2 aliphatic rings. The minimum Gasteiger partial charge on any atom is -0.459 e. The third kappa shape index (κ3) is 3.35. The average molecular weight is 448 g/mol. The molecule has 1 N–H and O–H groups in total. The second-order valence-corrected chi connectivity index (χ2v) is 9.08. The van der Waals surface area contributed by atoms with Crippen molar-refractivity contribution in [3.05, 3.63) is 64.8 Å². The normalized spacial score (nSPS) is 23.5. The monoisotopic (exact) mass is 447 g/mol. The van der Waals surface area contributed by atoms with Crippen LogP contribution in [0.15, 0.2) is 42.9 Å². The summed E-state index contributed by atoms with van der Waals surface area (Å²) in [6.45, 7) is 2.49. The number of nitrogens with zero attached hydrogens (tertiary/aromatic N) is 6. The van der Waals surface area contributed by atoms with Crippen LogP contribution in [-0.4, -0.2) is 35.8 Å². The van der Waals surface area contributed by atoms with Crippen molar-refractivity contribution in [1.82, 2.24) is 29.7 Å². The number of ether oxygens (including phenoxy) is 1. The quantitative estimate of drug-likeness (QED) is 0.446. The molecule has 2 unspecified atom stereocenters. The van der Waals surface area contributed by atoms with E-state index in [-0.39, 0.29) is 11.5 Å². The molecule has 6 rings (SSSR count). The van der Waals surface area contributed by atoms with E-state index in [9.17, 15) is 0 Å². The zero-order valence-electron chi connectivity index (χ0n) is 17.8. The van der Waals surface area contributed by atoms with Gasteiger partial charge in [0.25, 0.3) is 0 Å². The van der Waals surface area contributed by atoms with Crippen molar-refractivity contribution in [2.75, 3.05) is 5.32 Å². The molecule has 1 spiro atoms. The molecule has 162 valence electrons. The fraction of sp³-hybridized carbons (Fsp3) is 0.348. The fourth-order valence-corrected chi connectivity index (χ4v) is 4.65. The Morgan fingerprint density at radius 2 is 2.09 bits per heavy atom. The number of halogens is 1. The van der Waals surface area contributed by atoms with Crippen LogP contribution >= 0.6 is 11.6 Å². The third-order valence-corrected chi connectivity index (χ3v) is 6.90. The first-order valence-electron chi connectivity index (χ1n) is 10.7. The summed E-state index contributed by atoms with van der Waals surface area (Å²) in [5.74, 6) is 1.08. The largest absolute Gasteiger partial charge is 0.459 e. The van der Waals surface area contributed by atoms with Crippen molar-refractivity contribution in [2.45, 2.75) is 38.3 Å². The van der Waals surface area contributed by atoms with Crippen molar-refractivity contribution < 1.29 is 4.74 Å². The Bertz CT molecular complexity index is 1340. The summed E-state index contributed by atoms with van der Waals surface area (Å²) in [5, 5.41) is 7.91. The predicted octanol–water partition coefficient (Wildman–Crippen LogP) is 4.05. The number of pyridine rings is 2. The van der Waals surface area contributed by atoms with E-state index in [2.05, 4.69) is 31.4 Å². The summed E-state index contributed by atoms with van der Waals surface area (Å²) in [6.07, 6.45) is 7.71. The number of hydrogen-bond donors (Lipinski definition) is 1. The van der Waals surface area contributed by atoms with Crippen LogP contribution in [0.3, 0.4) is 0 Å². The van der Waals surface area contributed by atoms with Gasteiger partial charge in [0.1, 0.15) is 17.1 Å². The van der Waals surface area contributed by atoms with Crippen LogP contribution in [0.2, 0.25) is 5.15 Å². The van der Waals surface area contributed by atoms with E-state index in [4.69, 9.17) is 21.3 Å². The molecule has 9 heteroatoms. The van der Waals surface area contributed by atoms with E-state index in [0.717, 1.165) is 40.7 Å². The van der Waals surface area contributed by atoms with Gasteiger partial charge in [-0.15, -0.1) is 0 Å². The van der Waals surface area contributed by atoms with Gasteiger partial charge in [0.15, 0.2) is 0 Å². The summed E-state index contributed by atoms with van der Waals surface area (Å²) in [5.41, 5.74) is 4.97. The molecule has 4 heterocycles. The van der Waals surface area contributed by atoms with Gasteiger partial charge in [-0.25, -0.2) is 0 Å². The molecule has 2 fully saturated rings.